The van der Waals surface area contributed by atoms with Crippen LogP contribution >= 0.6 is 0 Å². The SMILES string of the molecule is COc1cc(C(F)(F)F)ccc1CO[C@H]1[C@H](C(C)(C)C)[C@@H](C(=O)O)N(C(=O)[C@@H]2CCC[C@@H](OC)C2)[C@H]1c1ccccc1. The van der Waals surface area contributed by atoms with Crippen LogP contribution < -0.4 is 4.74 Å². The topological polar surface area (TPSA) is 85.3 Å². The van der Waals surface area contributed by atoms with Gasteiger partial charge in [0.1, 0.15) is 11.8 Å². The van der Waals surface area contributed by atoms with E-state index in [1.807, 2.05) is 51.1 Å². The molecule has 1 saturated carbocycles. The molecule has 2 aromatic carbocycles. The van der Waals surface area contributed by atoms with E-state index in [4.69, 9.17) is 14.2 Å². The highest BCUT2D eigenvalue weighted by Crippen LogP contribution is 2.51. The summed E-state index contributed by atoms with van der Waals surface area (Å²) in [4.78, 5) is 28.8. The first kappa shape index (κ1) is 31.8. The van der Waals surface area contributed by atoms with Gasteiger partial charge in [-0.25, -0.2) is 4.79 Å². The lowest BCUT2D eigenvalue weighted by Gasteiger charge is -2.36. The molecule has 1 aliphatic heterocycles. The number of carbonyl (C=O) groups excluding carboxylic acids is 1. The Bertz CT molecular complexity index is 1250. The number of halogens is 3. The number of likely N-dealkylation sites (tertiary alicyclic amines) is 1. The molecule has 1 amide bonds. The van der Waals surface area contributed by atoms with Crippen molar-refractivity contribution in [2.24, 2.45) is 17.3 Å². The quantitative estimate of drug-likeness (QED) is 0.377. The minimum Gasteiger partial charge on any atom is -0.496 e. The average Bonchev–Trinajstić information content (AvgIpc) is 3.31. The molecule has 2 fully saturated rings. The lowest BCUT2D eigenvalue weighted by molar-refractivity contribution is -0.155. The summed E-state index contributed by atoms with van der Waals surface area (Å²) in [6.07, 6.45) is -2.60. The second-order valence-electron chi connectivity index (χ2n) is 12.3. The maximum absolute atomic E-state index is 14.3. The number of aliphatic carboxylic acids is 1. The summed E-state index contributed by atoms with van der Waals surface area (Å²) in [5.74, 6) is -2.38. The van der Waals surface area contributed by atoms with Gasteiger partial charge in [-0.15, -0.1) is 0 Å². The molecular formula is C32H40F3NO6. The number of carbonyl (C=O) groups is 2. The van der Waals surface area contributed by atoms with E-state index in [0.29, 0.717) is 18.4 Å². The summed E-state index contributed by atoms with van der Waals surface area (Å²) in [5, 5.41) is 10.6. The number of hydrogen-bond donors (Lipinski definition) is 1. The molecule has 4 rings (SSSR count). The van der Waals surface area contributed by atoms with Crippen LogP contribution in [-0.4, -0.2) is 54.4 Å². The van der Waals surface area contributed by atoms with Crippen molar-refractivity contribution in [3.8, 4) is 5.75 Å². The number of carboxylic acid groups (broad SMARTS) is 1. The van der Waals surface area contributed by atoms with Crippen LogP contribution in [0.15, 0.2) is 48.5 Å². The Labute approximate surface area is 244 Å². The molecule has 0 aromatic heterocycles. The second-order valence-corrected chi connectivity index (χ2v) is 12.3. The molecule has 1 saturated heterocycles. The first-order chi connectivity index (χ1) is 19.8. The van der Waals surface area contributed by atoms with Crippen molar-refractivity contribution in [3.63, 3.8) is 0 Å². The molecule has 0 unspecified atom stereocenters. The number of hydrogen-bond acceptors (Lipinski definition) is 5. The van der Waals surface area contributed by atoms with E-state index >= 15 is 0 Å². The molecule has 42 heavy (non-hydrogen) atoms. The van der Waals surface area contributed by atoms with Crippen LogP contribution in [0.2, 0.25) is 0 Å². The van der Waals surface area contributed by atoms with Gasteiger partial charge in [0, 0.05) is 24.5 Å². The molecule has 2 aromatic rings. The average molecular weight is 592 g/mol. The van der Waals surface area contributed by atoms with Crippen LogP contribution in [-0.2, 0) is 31.8 Å². The fourth-order valence-electron chi connectivity index (χ4n) is 6.61. The minimum absolute atomic E-state index is 0.0157. The zero-order valence-electron chi connectivity index (χ0n) is 24.7. The maximum Gasteiger partial charge on any atom is 0.416 e. The second kappa shape index (κ2) is 12.6. The van der Waals surface area contributed by atoms with Gasteiger partial charge in [0.25, 0.3) is 0 Å². The molecule has 0 spiro atoms. The number of rotatable bonds is 8. The Morgan fingerprint density at radius 3 is 2.29 bits per heavy atom. The first-order valence-corrected chi connectivity index (χ1v) is 14.3. The standard InChI is InChI=1S/C32H40F3NO6/c1-31(2,3)25-27(30(38)39)36(29(37)20-12-9-13-23(16-20)40-4)26(19-10-7-6-8-11-19)28(25)42-18-21-14-15-22(32(33,34)35)17-24(21)41-5/h6-8,10-11,14-15,17,20,23,25-28H,9,12-13,16,18H2,1-5H3,(H,38,39)/t20-,23-,25-,26+,27+,28+/m1/s1. The van der Waals surface area contributed by atoms with Crippen LogP contribution in [0.5, 0.6) is 5.75 Å². The molecule has 10 heteroatoms. The molecule has 230 valence electrons. The van der Waals surface area contributed by atoms with Crippen molar-refractivity contribution in [2.45, 2.75) is 83.5 Å². The molecule has 0 radical (unpaired) electrons. The Kier molecular flexibility index (Phi) is 9.57. The maximum atomic E-state index is 14.3. The number of alkyl halides is 3. The molecule has 1 N–H and O–H groups in total. The lowest BCUT2D eigenvalue weighted by atomic mass is 9.73. The fraction of sp³-hybridized carbons (Fsp3) is 0.562. The van der Waals surface area contributed by atoms with Crippen LogP contribution in [0.1, 0.15) is 69.2 Å². The molecule has 0 bridgehead atoms. The van der Waals surface area contributed by atoms with Gasteiger partial charge in [-0.1, -0.05) is 63.6 Å². The molecule has 2 aliphatic rings. The predicted molar refractivity (Wildman–Crippen MR) is 150 cm³/mol. The van der Waals surface area contributed by atoms with Gasteiger partial charge in [0.15, 0.2) is 0 Å². The van der Waals surface area contributed by atoms with Crippen LogP contribution in [0.4, 0.5) is 13.2 Å². The molecular weight excluding hydrogens is 551 g/mol. The van der Waals surface area contributed by atoms with Gasteiger partial charge in [0.05, 0.1) is 37.5 Å². The van der Waals surface area contributed by atoms with Crippen molar-refractivity contribution < 1.29 is 42.1 Å². The van der Waals surface area contributed by atoms with Crippen molar-refractivity contribution in [3.05, 3.63) is 65.2 Å². The Morgan fingerprint density at radius 1 is 1.02 bits per heavy atom. The zero-order valence-corrected chi connectivity index (χ0v) is 24.7. The Balaban J connectivity index is 1.78. The third kappa shape index (κ3) is 6.59. The number of carboxylic acids is 1. The number of ether oxygens (including phenoxy) is 3. The van der Waals surface area contributed by atoms with Gasteiger partial charge in [0.2, 0.25) is 5.91 Å². The summed E-state index contributed by atoms with van der Waals surface area (Å²) >= 11 is 0. The van der Waals surface area contributed by atoms with Crippen molar-refractivity contribution in [1.82, 2.24) is 4.90 Å². The van der Waals surface area contributed by atoms with Gasteiger partial charge >= 0.3 is 12.1 Å². The lowest BCUT2D eigenvalue weighted by Crippen LogP contribution is -2.49. The summed E-state index contributed by atoms with van der Waals surface area (Å²) in [7, 11) is 2.91. The number of nitrogens with zero attached hydrogens (tertiary/aromatic N) is 1. The largest absolute Gasteiger partial charge is 0.496 e. The first-order valence-electron chi connectivity index (χ1n) is 14.3. The van der Waals surface area contributed by atoms with E-state index in [2.05, 4.69) is 0 Å². The highest BCUT2D eigenvalue weighted by atomic mass is 19.4. The van der Waals surface area contributed by atoms with E-state index < -0.39 is 53.1 Å². The summed E-state index contributed by atoms with van der Waals surface area (Å²) in [6.45, 7) is 5.62. The third-order valence-corrected chi connectivity index (χ3v) is 8.61. The summed E-state index contributed by atoms with van der Waals surface area (Å²) in [5.41, 5.74) is -0.339. The van der Waals surface area contributed by atoms with Crippen molar-refractivity contribution in [2.75, 3.05) is 14.2 Å². The Hall–Kier alpha value is -3.11. The zero-order chi connectivity index (χ0) is 30.8. The van der Waals surface area contributed by atoms with E-state index in [9.17, 15) is 27.9 Å². The van der Waals surface area contributed by atoms with Gasteiger partial charge < -0.3 is 24.2 Å². The summed E-state index contributed by atoms with van der Waals surface area (Å²) < 4.78 is 57.4. The third-order valence-electron chi connectivity index (χ3n) is 8.61. The van der Waals surface area contributed by atoms with Crippen LogP contribution in [0.3, 0.4) is 0 Å². The Morgan fingerprint density at radius 2 is 1.71 bits per heavy atom. The van der Waals surface area contributed by atoms with Crippen molar-refractivity contribution >= 4 is 11.9 Å². The monoisotopic (exact) mass is 591 g/mol. The smallest absolute Gasteiger partial charge is 0.416 e. The van der Waals surface area contributed by atoms with E-state index in [-0.39, 0.29) is 24.4 Å². The van der Waals surface area contributed by atoms with Crippen LogP contribution in [0.25, 0.3) is 0 Å². The van der Waals surface area contributed by atoms with E-state index in [1.54, 1.807) is 7.11 Å². The molecule has 7 nitrogen and oxygen atoms in total. The number of amides is 1. The van der Waals surface area contributed by atoms with E-state index in [0.717, 1.165) is 30.5 Å². The van der Waals surface area contributed by atoms with Gasteiger partial charge in [-0.2, -0.15) is 13.2 Å². The fourth-order valence-corrected chi connectivity index (χ4v) is 6.61. The predicted octanol–water partition coefficient (Wildman–Crippen LogP) is 6.50. The highest BCUT2D eigenvalue weighted by Gasteiger charge is 2.59. The molecule has 6 atom stereocenters. The summed E-state index contributed by atoms with van der Waals surface area (Å²) in [6, 6.07) is 10.5. The number of methoxy groups -OCH3 is 2. The van der Waals surface area contributed by atoms with Gasteiger partial charge in [-0.3, -0.25) is 4.79 Å². The molecule has 1 aliphatic carbocycles. The van der Waals surface area contributed by atoms with Crippen LogP contribution in [0, 0.1) is 17.3 Å². The van der Waals surface area contributed by atoms with Gasteiger partial charge in [-0.05, 0) is 42.4 Å². The minimum atomic E-state index is -4.54. The normalized spacial score (nSPS) is 26.7. The van der Waals surface area contributed by atoms with Crippen molar-refractivity contribution in [1.29, 1.82) is 0 Å². The van der Waals surface area contributed by atoms with E-state index in [1.165, 1.54) is 18.1 Å². The number of benzene rings is 2. The highest BCUT2D eigenvalue weighted by molar-refractivity contribution is 5.87. The molecule has 1 heterocycles.